The molecule has 168 valence electrons. The molecule has 0 radical (unpaired) electrons. The fraction of sp³-hybridized carbons (Fsp3) is 0.160. The smallest absolute Gasteiger partial charge is 0.257 e. The number of nitrogens with zero attached hydrogens (tertiary/aromatic N) is 1. The van der Waals surface area contributed by atoms with Crippen LogP contribution in [0.15, 0.2) is 59.0 Å². The van der Waals surface area contributed by atoms with Crippen molar-refractivity contribution in [1.82, 2.24) is 10.3 Å². The van der Waals surface area contributed by atoms with Gasteiger partial charge in [0.25, 0.3) is 5.91 Å². The van der Waals surface area contributed by atoms with Gasteiger partial charge in [0, 0.05) is 22.9 Å². The van der Waals surface area contributed by atoms with Gasteiger partial charge < -0.3 is 19.2 Å². The number of hydrogen-bond donors (Lipinski definition) is 2. The number of aryl methyl sites for hydroxylation is 2. The van der Waals surface area contributed by atoms with E-state index in [1.807, 2.05) is 44.2 Å². The molecule has 1 aromatic heterocycles. The van der Waals surface area contributed by atoms with E-state index in [0.29, 0.717) is 23.0 Å². The van der Waals surface area contributed by atoms with Crippen molar-refractivity contribution in [1.29, 1.82) is 0 Å². The normalized spacial score (nSPS) is 10.7. The summed E-state index contributed by atoms with van der Waals surface area (Å²) in [6.07, 6.45) is 0. The Morgan fingerprint density at radius 3 is 2.27 bits per heavy atom. The van der Waals surface area contributed by atoms with Crippen LogP contribution in [-0.4, -0.2) is 30.2 Å². The van der Waals surface area contributed by atoms with Gasteiger partial charge >= 0.3 is 0 Å². The summed E-state index contributed by atoms with van der Waals surface area (Å²) in [4.78, 5) is 17.2. The first-order chi connectivity index (χ1) is 15.9. The highest BCUT2D eigenvalue weighted by molar-refractivity contribution is 7.80. The molecule has 0 atom stereocenters. The lowest BCUT2D eigenvalue weighted by Crippen LogP contribution is -2.34. The van der Waals surface area contributed by atoms with Crippen LogP contribution in [-0.2, 0) is 0 Å². The third kappa shape index (κ3) is 4.96. The molecule has 8 heteroatoms. The number of benzene rings is 3. The molecule has 4 rings (SSSR count). The summed E-state index contributed by atoms with van der Waals surface area (Å²) in [5.74, 6) is 1.20. The molecule has 0 aliphatic rings. The Bertz CT molecular complexity index is 1320. The first-order valence-electron chi connectivity index (χ1n) is 10.2. The van der Waals surface area contributed by atoms with E-state index in [-0.39, 0.29) is 11.0 Å². The first kappa shape index (κ1) is 22.3. The summed E-state index contributed by atoms with van der Waals surface area (Å²) in [5, 5.41) is 5.84. The SMILES string of the molecule is COc1cc(OC)cc(C(=O)NC(=S)Nc2ccc(-c3nc4cc(C)cc(C)c4o3)cc2)c1. The van der Waals surface area contributed by atoms with Gasteiger partial charge in [-0.2, -0.15) is 0 Å². The fourth-order valence-corrected chi connectivity index (χ4v) is 3.68. The second kappa shape index (κ2) is 9.30. The van der Waals surface area contributed by atoms with Crippen molar-refractivity contribution in [3.63, 3.8) is 0 Å². The van der Waals surface area contributed by atoms with E-state index in [1.54, 1.807) is 18.2 Å². The molecule has 0 aliphatic carbocycles. The molecule has 0 bridgehead atoms. The van der Waals surface area contributed by atoms with E-state index in [2.05, 4.69) is 21.7 Å². The van der Waals surface area contributed by atoms with E-state index in [1.165, 1.54) is 14.2 Å². The molecule has 0 saturated carbocycles. The topological polar surface area (TPSA) is 85.6 Å². The van der Waals surface area contributed by atoms with Crippen LogP contribution in [0.25, 0.3) is 22.6 Å². The molecule has 0 spiro atoms. The van der Waals surface area contributed by atoms with Gasteiger partial charge in [0.15, 0.2) is 10.7 Å². The molecule has 7 nitrogen and oxygen atoms in total. The predicted octanol–water partition coefficient (Wildman–Crippen LogP) is 5.26. The zero-order valence-electron chi connectivity index (χ0n) is 18.7. The Morgan fingerprint density at radius 2 is 1.64 bits per heavy atom. The number of rotatable bonds is 5. The molecule has 0 unspecified atom stereocenters. The highest BCUT2D eigenvalue weighted by atomic mass is 32.1. The zero-order chi connectivity index (χ0) is 23.5. The first-order valence-corrected chi connectivity index (χ1v) is 10.6. The molecule has 2 N–H and O–H groups in total. The monoisotopic (exact) mass is 461 g/mol. The summed E-state index contributed by atoms with van der Waals surface area (Å²) in [6.45, 7) is 4.04. The fourth-order valence-electron chi connectivity index (χ4n) is 3.47. The minimum absolute atomic E-state index is 0.169. The van der Waals surface area contributed by atoms with Gasteiger partial charge in [-0.1, -0.05) is 6.07 Å². The maximum absolute atomic E-state index is 12.6. The number of oxazole rings is 1. The molecular formula is C25H23N3O4S. The summed E-state index contributed by atoms with van der Waals surface area (Å²) >= 11 is 5.29. The number of amides is 1. The molecule has 1 amide bonds. The Labute approximate surface area is 196 Å². The summed E-state index contributed by atoms with van der Waals surface area (Å²) in [5.41, 5.74) is 5.74. The lowest BCUT2D eigenvalue weighted by atomic mass is 10.1. The van der Waals surface area contributed by atoms with Crippen molar-refractivity contribution in [3.8, 4) is 23.0 Å². The Hall–Kier alpha value is -3.91. The van der Waals surface area contributed by atoms with Gasteiger partial charge in [0.1, 0.15) is 17.0 Å². The van der Waals surface area contributed by atoms with Crippen LogP contribution in [0.2, 0.25) is 0 Å². The molecule has 4 aromatic rings. The van der Waals surface area contributed by atoms with Crippen LogP contribution in [0.3, 0.4) is 0 Å². The number of carbonyl (C=O) groups excluding carboxylic acids is 1. The molecule has 0 aliphatic heterocycles. The third-order valence-corrected chi connectivity index (χ3v) is 5.25. The maximum Gasteiger partial charge on any atom is 0.257 e. The van der Waals surface area contributed by atoms with Gasteiger partial charge in [0.05, 0.1) is 14.2 Å². The second-order valence-electron chi connectivity index (χ2n) is 7.54. The van der Waals surface area contributed by atoms with E-state index in [9.17, 15) is 4.79 Å². The summed E-state index contributed by atoms with van der Waals surface area (Å²) in [7, 11) is 3.05. The van der Waals surface area contributed by atoms with Crippen LogP contribution >= 0.6 is 12.2 Å². The number of hydrogen-bond acceptors (Lipinski definition) is 6. The summed E-state index contributed by atoms with van der Waals surface area (Å²) in [6, 6.07) is 16.4. The quantitative estimate of drug-likeness (QED) is 0.392. The average Bonchev–Trinajstić information content (AvgIpc) is 3.23. The number of nitrogens with one attached hydrogen (secondary N) is 2. The number of anilines is 1. The lowest BCUT2D eigenvalue weighted by molar-refractivity contribution is 0.0977. The van der Waals surface area contributed by atoms with Crippen LogP contribution in [0.4, 0.5) is 5.69 Å². The third-order valence-electron chi connectivity index (χ3n) is 5.05. The molecule has 33 heavy (non-hydrogen) atoms. The number of ether oxygens (including phenoxy) is 2. The minimum Gasteiger partial charge on any atom is -0.497 e. The van der Waals surface area contributed by atoms with E-state index < -0.39 is 0 Å². The standard InChI is InChI=1S/C25H23N3O4S/c1-14-9-15(2)22-21(10-14)27-24(32-22)16-5-7-18(8-6-16)26-25(33)28-23(29)17-11-19(30-3)13-20(12-17)31-4/h5-13H,1-4H3,(H2,26,28,29,33). The van der Waals surface area contributed by atoms with Gasteiger partial charge in [0.2, 0.25) is 5.89 Å². The highest BCUT2D eigenvalue weighted by Crippen LogP contribution is 2.28. The molecular weight excluding hydrogens is 438 g/mol. The van der Waals surface area contributed by atoms with Crippen molar-refractivity contribution in [2.24, 2.45) is 0 Å². The second-order valence-corrected chi connectivity index (χ2v) is 7.94. The molecule has 1 heterocycles. The number of aromatic nitrogens is 1. The Balaban J connectivity index is 1.44. The minimum atomic E-state index is -0.376. The largest absolute Gasteiger partial charge is 0.497 e. The van der Waals surface area contributed by atoms with E-state index in [4.69, 9.17) is 26.1 Å². The maximum atomic E-state index is 12.6. The lowest BCUT2D eigenvalue weighted by Gasteiger charge is -2.11. The van der Waals surface area contributed by atoms with Gasteiger partial charge in [-0.05, 0) is 79.7 Å². The molecule has 0 fully saturated rings. The van der Waals surface area contributed by atoms with Crippen LogP contribution in [0.1, 0.15) is 21.5 Å². The van der Waals surface area contributed by atoms with Crippen molar-refractivity contribution in [3.05, 3.63) is 71.3 Å². The number of carbonyl (C=O) groups is 1. The van der Waals surface area contributed by atoms with E-state index in [0.717, 1.165) is 33.5 Å². The van der Waals surface area contributed by atoms with Crippen LogP contribution in [0, 0.1) is 13.8 Å². The average molecular weight is 462 g/mol. The van der Waals surface area contributed by atoms with Crippen molar-refractivity contribution in [2.75, 3.05) is 19.5 Å². The van der Waals surface area contributed by atoms with Crippen molar-refractivity contribution < 1.29 is 18.7 Å². The van der Waals surface area contributed by atoms with Crippen LogP contribution < -0.4 is 20.1 Å². The number of methoxy groups -OCH3 is 2. The van der Waals surface area contributed by atoms with Crippen LogP contribution in [0.5, 0.6) is 11.5 Å². The Morgan fingerprint density at radius 1 is 0.970 bits per heavy atom. The summed E-state index contributed by atoms with van der Waals surface area (Å²) < 4.78 is 16.4. The van der Waals surface area contributed by atoms with E-state index >= 15 is 0 Å². The Kier molecular flexibility index (Phi) is 6.28. The number of fused-ring (bicyclic) bond motifs is 1. The highest BCUT2D eigenvalue weighted by Gasteiger charge is 2.13. The zero-order valence-corrected chi connectivity index (χ0v) is 19.5. The molecule has 3 aromatic carbocycles. The van der Waals surface area contributed by atoms with Gasteiger partial charge in [-0.15, -0.1) is 0 Å². The van der Waals surface area contributed by atoms with Crippen molar-refractivity contribution in [2.45, 2.75) is 13.8 Å². The van der Waals surface area contributed by atoms with Gasteiger partial charge in [-0.25, -0.2) is 4.98 Å². The van der Waals surface area contributed by atoms with Gasteiger partial charge in [-0.3, -0.25) is 10.1 Å². The van der Waals surface area contributed by atoms with Crippen molar-refractivity contribution >= 4 is 40.0 Å². The molecule has 0 saturated heterocycles. The number of thiocarbonyl (C=S) groups is 1. The predicted molar refractivity (Wildman–Crippen MR) is 132 cm³/mol.